The predicted molar refractivity (Wildman–Crippen MR) is 146 cm³/mol. The standard InChI is InChI=1S/C27H28FN3O4S2/c1-27(29,17-37(33,34)31(2)15-18-4-11-22(35-3)12-5-18)24-16-36-25-13-10-21(14-23(24)25)30-26(32)19-6-8-20(28)9-7-19/h4-14,16H,15,17,29H2,1-3H3,(H,30,32)/t27-/m0/s1. The molecule has 0 saturated carbocycles. The van der Waals surface area contributed by atoms with Crippen LogP contribution in [0.1, 0.15) is 28.4 Å². The summed E-state index contributed by atoms with van der Waals surface area (Å²) in [5, 5.41) is 5.43. The number of nitrogens with two attached hydrogens (primary N) is 1. The van der Waals surface area contributed by atoms with Crippen LogP contribution in [-0.4, -0.2) is 38.5 Å². The number of amides is 1. The van der Waals surface area contributed by atoms with Gasteiger partial charge in [0.1, 0.15) is 11.6 Å². The largest absolute Gasteiger partial charge is 0.497 e. The zero-order valence-electron chi connectivity index (χ0n) is 20.7. The van der Waals surface area contributed by atoms with Gasteiger partial charge >= 0.3 is 0 Å². The van der Waals surface area contributed by atoms with Crippen LogP contribution < -0.4 is 15.8 Å². The van der Waals surface area contributed by atoms with Crippen molar-refractivity contribution in [1.29, 1.82) is 0 Å². The van der Waals surface area contributed by atoms with Crippen molar-refractivity contribution < 1.29 is 22.3 Å². The molecule has 0 aliphatic heterocycles. The average molecular weight is 542 g/mol. The van der Waals surface area contributed by atoms with Gasteiger partial charge in [0.15, 0.2) is 0 Å². The number of rotatable bonds is 9. The lowest BCUT2D eigenvalue weighted by Crippen LogP contribution is -2.44. The molecule has 0 radical (unpaired) electrons. The number of benzene rings is 3. The highest BCUT2D eigenvalue weighted by Crippen LogP contribution is 2.35. The number of sulfonamides is 1. The number of thiophene rings is 1. The third-order valence-electron chi connectivity index (χ3n) is 6.07. The van der Waals surface area contributed by atoms with Crippen LogP contribution in [-0.2, 0) is 22.1 Å². The van der Waals surface area contributed by atoms with Crippen LogP contribution in [0.2, 0.25) is 0 Å². The van der Waals surface area contributed by atoms with Gasteiger partial charge in [0.05, 0.1) is 18.4 Å². The van der Waals surface area contributed by atoms with Gasteiger partial charge in [-0.1, -0.05) is 12.1 Å². The summed E-state index contributed by atoms with van der Waals surface area (Å²) in [6.07, 6.45) is 0. The van der Waals surface area contributed by atoms with Crippen molar-refractivity contribution in [1.82, 2.24) is 4.31 Å². The molecule has 1 aromatic heterocycles. The van der Waals surface area contributed by atoms with Gasteiger partial charge in [0, 0.05) is 29.5 Å². The molecule has 10 heteroatoms. The van der Waals surface area contributed by atoms with E-state index in [-0.39, 0.29) is 18.2 Å². The van der Waals surface area contributed by atoms with Crippen molar-refractivity contribution >= 4 is 43.0 Å². The zero-order valence-corrected chi connectivity index (χ0v) is 22.3. The molecule has 4 rings (SSSR count). The van der Waals surface area contributed by atoms with E-state index < -0.39 is 21.4 Å². The van der Waals surface area contributed by atoms with Crippen molar-refractivity contribution in [3.63, 3.8) is 0 Å². The fraction of sp³-hybridized carbons (Fsp3) is 0.222. The number of ether oxygens (including phenoxy) is 1. The number of fused-ring (bicyclic) bond motifs is 1. The van der Waals surface area contributed by atoms with Crippen LogP contribution in [0, 0.1) is 5.82 Å². The first-order chi connectivity index (χ1) is 17.5. The normalized spacial score (nSPS) is 13.5. The van der Waals surface area contributed by atoms with E-state index in [0.29, 0.717) is 22.6 Å². The first kappa shape index (κ1) is 26.7. The van der Waals surface area contributed by atoms with Crippen LogP contribution in [0.25, 0.3) is 10.1 Å². The topological polar surface area (TPSA) is 102 Å². The molecule has 1 atom stereocenters. The van der Waals surface area contributed by atoms with Gasteiger partial charge < -0.3 is 15.8 Å². The van der Waals surface area contributed by atoms with Crippen molar-refractivity contribution in [2.45, 2.75) is 19.0 Å². The van der Waals surface area contributed by atoms with E-state index in [4.69, 9.17) is 10.5 Å². The minimum atomic E-state index is -3.71. The average Bonchev–Trinajstić information content (AvgIpc) is 3.28. The lowest BCUT2D eigenvalue weighted by molar-refractivity contribution is 0.102. The van der Waals surface area contributed by atoms with Gasteiger partial charge in [-0.25, -0.2) is 17.1 Å². The van der Waals surface area contributed by atoms with E-state index in [1.54, 1.807) is 38.3 Å². The fourth-order valence-electron chi connectivity index (χ4n) is 4.01. The monoisotopic (exact) mass is 541 g/mol. The molecule has 0 bridgehead atoms. The van der Waals surface area contributed by atoms with E-state index in [1.807, 2.05) is 23.6 Å². The van der Waals surface area contributed by atoms with E-state index in [9.17, 15) is 17.6 Å². The molecule has 37 heavy (non-hydrogen) atoms. The Bertz CT molecular complexity index is 1520. The van der Waals surface area contributed by atoms with Crippen LogP contribution in [0.4, 0.5) is 10.1 Å². The Hall–Kier alpha value is -3.31. The summed E-state index contributed by atoms with van der Waals surface area (Å²) in [6.45, 7) is 1.89. The van der Waals surface area contributed by atoms with Crippen molar-refractivity contribution in [2.24, 2.45) is 5.73 Å². The summed E-state index contributed by atoms with van der Waals surface area (Å²) in [5.41, 5.74) is 7.78. The number of carbonyl (C=O) groups excluding carboxylic acids is 1. The summed E-state index contributed by atoms with van der Waals surface area (Å²) in [4.78, 5) is 12.6. The molecule has 0 saturated heterocycles. The third kappa shape index (κ3) is 6.16. The Morgan fingerprint density at radius 3 is 2.43 bits per heavy atom. The Labute approximate surface area is 219 Å². The molecular weight excluding hydrogens is 513 g/mol. The number of methoxy groups -OCH3 is 1. The molecule has 0 unspecified atom stereocenters. The van der Waals surface area contributed by atoms with Crippen molar-refractivity contribution in [2.75, 3.05) is 25.2 Å². The molecule has 0 spiro atoms. The van der Waals surface area contributed by atoms with Gasteiger partial charge in [-0.15, -0.1) is 11.3 Å². The van der Waals surface area contributed by atoms with Gasteiger partial charge in [-0.3, -0.25) is 4.79 Å². The number of anilines is 1. The molecule has 1 heterocycles. The third-order valence-corrected chi connectivity index (χ3v) is 9.08. The molecule has 7 nitrogen and oxygen atoms in total. The highest BCUT2D eigenvalue weighted by atomic mass is 32.2. The van der Waals surface area contributed by atoms with Crippen LogP contribution in [0.5, 0.6) is 5.75 Å². The Morgan fingerprint density at radius 1 is 1.11 bits per heavy atom. The molecule has 4 aromatic rings. The molecule has 0 aliphatic carbocycles. The number of hydrogen-bond donors (Lipinski definition) is 2. The molecule has 3 aromatic carbocycles. The molecule has 3 N–H and O–H groups in total. The summed E-state index contributed by atoms with van der Waals surface area (Å²) in [6, 6.07) is 17.9. The van der Waals surface area contributed by atoms with Gasteiger partial charge in [0.25, 0.3) is 5.91 Å². The predicted octanol–water partition coefficient (Wildman–Crippen LogP) is 4.94. The maximum absolute atomic E-state index is 13.2. The van der Waals surface area contributed by atoms with Crippen molar-refractivity contribution in [3.05, 3.63) is 94.6 Å². The maximum Gasteiger partial charge on any atom is 0.255 e. The minimum Gasteiger partial charge on any atom is -0.497 e. The number of carbonyl (C=O) groups is 1. The molecule has 1 amide bonds. The Morgan fingerprint density at radius 2 is 1.78 bits per heavy atom. The molecular formula is C27H28FN3O4S2. The van der Waals surface area contributed by atoms with Gasteiger partial charge in [-0.2, -0.15) is 0 Å². The summed E-state index contributed by atoms with van der Waals surface area (Å²) in [7, 11) is -0.608. The quantitative estimate of drug-likeness (QED) is 0.313. The van der Waals surface area contributed by atoms with E-state index >= 15 is 0 Å². The Balaban J connectivity index is 1.53. The highest BCUT2D eigenvalue weighted by molar-refractivity contribution is 7.89. The number of hydrogen-bond acceptors (Lipinski definition) is 6. The second kappa shape index (κ2) is 10.6. The summed E-state index contributed by atoms with van der Waals surface area (Å²) < 4.78 is 47.0. The van der Waals surface area contributed by atoms with Crippen molar-refractivity contribution in [3.8, 4) is 5.75 Å². The van der Waals surface area contributed by atoms with Crippen LogP contribution in [0.3, 0.4) is 0 Å². The van der Waals surface area contributed by atoms with Crippen LogP contribution in [0.15, 0.2) is 72.1 Å². The lowest BCUT2D eigenvalue weighted by Gasteiger charge is -2.27. The van der Waals surface area contributed by atoms with E-state index in [0.717, 1.165) is 15.6 Å². The smallest absolute Gasteiger partial charge is 0.255 e. The minimum absolute atomic E-state index is 0.201. The Kier molecular flexibility index (Phi) is 7.65. The van der Waals surface area contributed by atoms with Gasteiger partial charge in [0.2, 0.25) is 10.0 Å². The maximum atomic E-state index is 13.2. The zero-order chi connectivity index (χ0) is 26.8. The highest BCUT2D eigenvalue weighted by Gasteiger charge is 2.33. The lowest BCUT2D eigenvalue weighted by atomic mass is 9.95. The van der Waals surface area contributed by atoms with E-state index in [1.165, 1.54) is 47.0 Å². The van der Waals surface area contributed by atoms with E-state index in [2.05, 4.69) is 5.32 Å². The summed E-state index contributed by atoms with van der Waals surface area (Å²) in [5.74, 6) is -0.409. The summed E-state index contributed by atoms with van der Waals surface area (Å²) >= 11 is 1.45. The molecule has 194 valence electrons. The molecule has 0 fully saturated rings. The second-order valence-electron chi connectivity index (χ2n) is 9.10. The first-order valence-electron chi connectivity index (χ1n) is 11.4. The second-order valence-corrected chi connectivity index (χ2v) is 12.1. The van der Waals surface area contributed by atoms with Crippen LogP contribution >= 0.6 is 11.3 Å². The molecule has 0 aliphatic rings. The number of nitrogens with one attached hydrogen (secondary N) is 1. The van der Waals surface area contributed by atoms with Gasteiger partial charge in [-0.05, 0) is 83.4 Å². The fourth-order valence-corrected chi connectivity index (χ4v) is 6.57. The first-order valence-corrected chi connectivity index (χ1v) is 13.9. The SMILES string of the molecule is COc1ccc(CN(C)S(=O)(=O)C[C@](C)(N)c2csc3ccc(NC(=O)c4ccc(F)cc4)cc23)cc1. The number of halogens is 1. The number of nitrogens with zero attached hydrogens (tertiary/aromatic N) is 1.